The topological polar surface area (TPSA) is 102 Å². The van der Waals surface area contributed by atoms with Crippen LogP contribution < -0.4 is 20.3 Å². The number of nitrogens with one attached hydrogen (secondary N) is 2. The number of thioether (sulfide) groups is 1. The van der Waals surface area contributed by atoms with Gasteiger partial charge in [0, 0.05) is 0 Å². The number of hydrogen-bond acceptors (Lipinski definition) is 8. The van der Waals surface area contributed by atoms with Crippen LogP contribution in [0.25, 0.3) is 0 Å². The summed E-state index contributed by atoms with van der Waals surface area (Å²) in [5.41, 5.74) is 6.23. The van der Waals surface area contributed by atoms with Crippen LogP contribution in [0.15, 0.2) is 34.1 Å². The molecule has 1 atom stereocenters. The van der Waals surface area contributed by atoms with Crippen molar-refractivity contribution in [3.8, 4) is 11.5 Å². The fourth-order valence-corrected chi connectivity index (χ4v) is 3.04. The van der Waals surface area contributed by atoms with E-state index in [9.17, 15) is 9.59 Å². The van der Waals surface area contributed by atoms with Gasteiger partial charge in [-0.3, -0.25) is 20.4 Å². The Morgan fingerprint density at radius 1 is 1.30 bits per heavy atom. The standard InChI is InChI=1S/C13H12N4O4S2/c18-11(6-22-13-17-14-7-23-13)15-16-12(19)10-5-20-8-3-1-2-4-9(8)21-10/h1-4,7,10H,5-6H2,(H,15,18)(H,16,19)/t10-/m0/s1. The average molecular weight is 352 g/mol. The molecule has 0 bridgehead atoms. The first kappa shape index (κ1) is 15.6. The normalized spacial score (nSPS) is 15.7. The Balaban J connectivity index is 1.44. The third kappa shape index (κ3) is 4.11. The van der Waals surface area contributed by atoms with Gasteiger partial charge in [0.15, 0.2) is 15.8 Å². The lowest BCUT2D eigenvalue weighted by Gasteiger charge is -2.25. The Hall–Kier alpha value is -2.33. The molecule has 10 heteroatoms. The third-order valence-corrected chi connectivity index (χ3v) is 4.65. The lowest BCUT2D eigenvalue weighted by Crippen LogP contribution is -2.51. The molecule has 0 saturated carbocycles. The van der Waals surface area contributed by atoms with Gasteiger partial charge in [0.2, 0.25) is 12.0 Å². The van der Waals surface area contributed by atoms with Gasteiger partial charge in [0.25, 0.3) is 5.91 Å². The molecule has 0 saturated heterocycles. The molecule has 3 rings (SSSR count). The van der Waals surface area contributed by atoms with E-state index in [0.717, 1.165) is 0 Å². The van der Waals surface area contributed by atoms with E-state index >= 15 is 0 Å². The summed E-state index contributed by atoms with van der Waals surface area (Å²) in [6.07, 6.45) is -0.819. The van der Waals surface area contributed by atoms with E-state index in [4.69, 9.17) is 9.47 Å². The van der Waals surface area contributed by atoms with Crippen molar-refractivity contribution < 1.29 is 19.1 Å². The maximum atomic E-state index is 12.0. The Morgan fingerprint density at radius 3 is 2.91 bits per heavy atom. The summed E-state index contributed by atoms with van der Waals surface area (Å²) >= 11 is 2.58. The highest BCUT2D eigenvalue weighted by atomic mass is 32.2. The average Bonchev–Trinajstić information content (AvgIpc) is 3.11. The summed E-state index contributed by atoms with van der Waals surface area (Å²) < 4.78 is 11.7. The maximum Gasteiger partial charge on any atom is 0.283 e. The molecule has 8 nitrogen and oxygen atoms in total. The quantitative estimate of drug-likeness (QED) is 0.614. The first-order chi connectivity index (χ1) is 11.2. The number of para-hydroxylation sites is 2. The van der Waals surface area contributed by atoms with Crippen molar-refractivity contribution in [1.29, 1.82) is 0 Å². The molecule has 1 aliphatic rings. The molecular weight excluding hydrogens is 340 g/mol. The van der Waals surface area contributed by atoms with Gasteiger partial charge in [-0.15, -0.1) is 10.2 Å². The fraction of sp³-hybridized carbons (Fsp3) is 0.231. The van der Waals surface area contributed by atoms with Crippen molar-refractivity contribution in [2.24, 2.45) is 0 Å². The highest BCUT2D eigenvalue weighted by molar-refractivity contribution is 8.01. The highest BCUT2D eigenvalue weighted by Crippen LogP contribution is 2.30. The number of nitrogens with zero attached hydrogens (tertiary/aromatic N) is 2. The third-order valence-electron chi connectivity index (χ3n) is 2.79. The zero-order valence-electron chi connectivity index (χ0n) is 11.7. The van der Waals surface area contributed by atoms with Crippen molar-refractivity contribution in [1.82, 2.24) is 21.0 Å². The van der Waals surface area contributed by atoms with E-state index in [2.05, 4.69) is 21.0 Å². The first-order valence-corrected chi connectivity index (χ1v) is 8.45. The molecule has 0 fully saturated rings. The Morgan fingerprint density at radius 2 is 2.13 bits per heavy atom. The van der Waals surface area contributed by atoms with Crippen LogP contribution in [-0.2, 0) is 9.59 Å². The van der Waals surface area contributed by atoms with E-state index < -0.39 is 12.0 Å². The summed E-state index contributed by atoms with van der Waals surface area (Å²) in [4.78, 5) is 23.6. The number of carbonyl (C=O) groups excluding carboxylic acids is 2. The van der Waals surface area contributed by atoms with Gasteiger partial charge in [0.1, 0.15) is 12.1 Å². The van der Waals surface area contributed by atoms with Crippen molar-refractivity contribution in [3.05, 3.63) is 29.8 Å². The predicted octanol–water partition coefficient (Wildman–Crippen LogP) is 0.618. The molecule has 1 aliphatic heterocycles. The number of fused-ring (bicyclic) bond motifs is 1. The van der Waals surface area contributed by atoms with E-state index in [1.807, 2.05) is 6.07 Å². The van der Waals surface area contributed by atoms with Gasteiger partial charge >= 0.3 is 0 Å². The lowest BCUT2D eigenvalue weighted by atomic mass is 10.2. The second kappa shape index (κ2) is 7.29. The van der Waals surface area contributed by atoms with Crippen LogP contribution in [0.4, 0.5) is 0 Å². The van der Waals surface area contributed by atoms with Gasteiger partial charge in [-0.05, 0) is 12.1 Å². The fourth-order valence-electron chi connectivity index (χ4n) is 1.75. The summed E-state index contributed by atoms with van der Waals surface area (Å²) in [7, 11) is 0. The summed E-state index contributed by atoms with van der Waals surface area (Å²) in [5, 5.41) is 7.48. The molecule has 0 aliphatic carbocycles. The number of hydrazine groups is 1. The number of amides is 2. The minimum atomic E-state index is -0.819. The van der Waals surface area contributed by atoms with Gasteiger partial charge in [-0.2, -0.15) is 0 Å². The van der Waals surface area contributed by atoms with E-state index in [-0.39, 0.29) is 18.3 Å². The summed E-state index contributed by atoms with van der Waals surface area (Å²) in [5.74, 6) is 0.385. The van der Waals surface area contributed by atoms with Crippen molar-refractivity contribution in [3.63, 3.8) is 0 Å². The van der Waals surface area contributed by atoms with Crippen molar-refractivity contribution in [2.45, 2.75) is 10.4 Å². The lowest BCUT2D eigenvalue weighted by molar-refractivity contribution is -0.134. The van der Waals surface area contributed by atoms with Crippen LogP contribution in [0.5, 0.6) is 11.5 Å². The Kier molecular flexibility index (Phi) is 4.93. The first-order valence-electron chi connectivity index (χ1n) is 6.58. The largest absolute Gasteiger partial charge is 0.485 e. The van der Waals surface area contributed by atoms with Gasteiger partial charge in [0.05, 0.1) is 5.75 Å². The Bertz CT molecular complexity index is 695. The monoisotopic (exact) mass is 352 g/mol. The summed E-state index contributed by atoms with van der Waals surface area (Å²) in [6, 6.07) is 7.08. The molecule has 120 valence electrons. The summed E-state index contributed by atoms with van der Waals surface area (Å²) in [6.45, 7) is 0.0816. The number of carbonyl (C=O) groups is 2. The van der Waals surface area contributed by atoms with Crippen molar-refractivity contribution >= 4 is 34.9 Å². The molecule has 2 N–H and O–H groups in total. The van der Waals surface area contributed by atoms with Crippen molar-refractivity contribution in [2.75, 3.05) is 12.4 Å². The van der Waals surface area contributed by atoms with Gasteiger partial charge in [-0.1, -0.05) is 35.2 Å². The molecule has 2 aromatic rings. The number of aromatic nitrogens is 2. The van der Waals surface area contributed by atoms with Crippen LogP contribution in [-0.4, -0.2) is 40.5 Å². The second-order valence-corrected chi connectivity index (χ2v) is 6.45. The molecule has 1 aromatic carbocycles. The number of benzene rings is 1. The molecule has 23 heavy (non-hydrogen) atoms. The van der Waals surface area contributed by atoms with Crippen LogP contribution in [0, 0.1) is 0 Å². The van der Waals surface area contributed by atoms with E-state index in [0.29, 0.717) is 15.8 Å². The zero-order chi connectivity index (χ0) is 16.1. The predicted molar refractivity (Wildman–Crippen MR) is 83.3 cm³/mol. The SMILES string of the molecule is O=C(CSc1nncs1)NNC(=O)[C@@H]1COc2ccccc2O1. The van der Waals surface area contributed by atoms with Crippen LogP contribution in [0.1, 0.15) is 0 Å². The maximum absolute atomic E-state index is 12.0. The van der Waals surface area contributed by atoms with Gasteiger partial charge < -0.3 is 9.47 Å². The molecule has 0 radical (unpaired) electrons. The molecular formula is C13H12N4O4S2. The van der Waals surface area contributed by atoms with E-state index in [1.165, 1.54) is 23.1 Å². The molecule has 1 aromatic heterocycles. The molecule has 0 unspecified atom stereocenters. The number of rotatable bonds is 4. The number of hydrogen-bond donors (Lipinski definition) is 2. The molecule has 2 amide bonds. The number of ether oxygens (including phenoxy) is 2. The second-order valence-electron chi connectivity index (χ2n) is 4.39. The minimum Gasteiger partial charge on any atom is -0.485 e. The van der Waals surface area contributed by atoms with E-state index in [1.54, 1.807) is 23.7 Å². The smallest absolute Gasteiger partial charge is 0.283 e. The minimum absolute atomic E-state index is 0.0816. The molecule has 0 spiro atoms. The molecule has 2 heterocycles. The van der Waals surface area contributed by atoms with Crippen LogP contribution in [0.2, 0.25) is 0 Å². The Labute approximate surface area is 139 Å². The zero-order valence-corrected chi connectivity index (χ0v) is 13.4. The van der Waals surface area contributed by atoms with Crippen LogP contribution >= 0.6 is 23.1 Å². The van der Waals surface area contributed by atoms with Crippen LogP contribution in [0.3, 0.4) is 0 Å². The highest BCUT2D eigenvalue weighted by Gasteiger charge is 2.27. The van der Waals surface area contributed by atoms with Gasteiger partial charge in [-0.25, -0.2) is 0 Å².